The third-order valence-corrected chi connectivity index (χ3v) is 4.31. The normalized spacial score (nSPS) is 13.2. The highest BCUT2D eigenvalue weighted by Crippen LogP contribution is 2.01. The van der Waals surface area contributed by atoms with Gasteiger partial charge < -0.3 is 33.6 Å². The first-order valence-electron chi connectivity index (χ1n) is 9.99. The Morgan fingerprint density at radius 2 is 1.00 bits per heavy atom. The van der Waals surface area contributed by atoms with Crippen molar-refractivity contribution in [1.29, 1.82) is 0 Å². The van der Waals surface area contributed by atoms with Crippen LogP contribution in [0, 0.1) is 0 Å². The summed E-state index contributed by atoms with van der Waals surface area (Å²) in [6.07, 6.45) is 8.74. The molecule has 0 aromatic heterocycles. The Labute approximate surface area is 158 Å². The molecule has 2 unspecified atom stereocenters. The molecule has 0 radical (unpaired) electrons. The van der Waals surface area contributed by atoms with E-state index < -0.39 is 12.1 Å². The molecule has 0 aliphatic rings. The zero-order chi connectivity index (χ0) is 19.6. The summed E-state index contributed by atoms with van der Waals surface area (Å²) in [6, 6.07) is -0.878. The van der Waals surface area contributed by atoms with Gasteiger partial charge in [-0.3, -0.25) is 9.59 Å². The summed E-state index contributed by atoms with van der Waals surface area (Å²) in [5.41, 5.74) is 22.5. The maximum absolute atomic E-state index is 11.8. The first kappa shape index (κ1) is 24.8. The van der Waals surface area contributed by atoms with Gasteiger partial charge in [-0.15, -0.1) is 0 Å². The molecule has 8 heteroatoms. The van der Waals surface area contributed by atoms with Crippen LogP contribution >= 0.6 is 0 Å². The van der Waals surface area contributed by atoms with Crippen molar-refractivity contribution in [2.24, 2.45) is 22.9 Å². The Morgan fingerprint density at radius 3 is 1.35 bits per heavy atom. The van der Waals surface area contributed by atoms with Gasteiger partial charge in [-0.25, -0.2) is 0 Å². The number of hydrogen-bond acceptors (Lipinski definition) is 6. The average Bonchev–Trinajstić information content (AvgIpc) is 2.63. The molecule has 0 aliphatic carbocycles. The molecule has 8 nitrogen and oxygen atoms in total. The summed E-state index contributed by atoms with van der Waals surface area (Å²) in [6.45, 7) is 2.55. The van der Waals surface area contributed by atoms with Crippen LogP contribution in [0.3, 0.4) is 0 Å². The molecule has 0 rings (SSSR count). The lowest BCUT2D eigenvalue weighted by Crippen LogP contribution is -2.41. The van der Waals surface area contributed by atoms with Gasteiger partial charge in [-0.1, -0.05) is 25.7 Å². The van der Waals surface area contributed by atoms with Crippen LogP contribution in [0.15, 0.2) is 0 Å². The van der Waals surface area contributed by atoms with Crippen LogP contribution in [0.1, 0.15) is 64.2 Å². The lowest BCUT2D eigenvalue weighted by molar-refractivity contribution is -0.123. The fourth-order valence-electron chi connectivity index (χ4n) is 2.57. The van der Waals surface area contributed by atoms with Gasteiger partial charge >= 0.3 is 0 Å². The molecular weight excluding hydrogens is 332 g/mol. The van der Waals surface area contributed by atoms with Crippen LogP contribution in [-0.4, -0.2) is 50.1 Å². The zero-order valence-corrected chi connectivity index (χ0v) is 16.2. The molecule has 2 amide bonds. The van der Waals surface area contributed by atoms with Gasteiger partial charge in [0.1, 0.15) is 0 Å². The minimum atomic E-state index is -0.439. The topological polar surface area (TPSA) is 162 Å². The molecule has 0 saturated carbocycles. The highest BCUT2D eigenvalue weighted by molar-refractivity contribution is 5.81. The van der Waals surface area contributed by atoms with E-state index in [1.54, 1.807) is 0 Å². The molecule has 0 bridgehead atoms. The van der Waals surface area contributed by atoms with Gasteiger partial charge in [-0.05, 0) is 51.6 Å². The number of amides is 2. The van der Waals surface area contributed by atoms with Crippen LogP contribution in [0.5, 0.6) is 0 Å². The van der Waals surface area contributed by atoms with Gasteiger partial charge in [0.25, 0.3) is 0 Å². The summed E-state index contributed by atoms with van der Waals surface area (Å²) in [5, 5.41) is 5.73. The van der Waals surface area contributed by atoms with E-state index in [1.807, 2.05) is 0 Å². The second-order valence-electron chi connectivity index (χ2n) is 6.78. The van der Waals surface area contributed by atoms with Crippen molar-refractivity contribution in [3.63, 3.8) is 0 Å². The third kappa shape index (κ3) is 14.0. The Balaban J connectivity index is 3.50. The van der Waals surface area contributed by atoms with E-state index in [2.05, 4.69) is 10.6 Å². The fourth-order valence-corrected chi connectivity index (χ4v) is 2.57. The van der Waals surface area contributed by atoms with Crippen LogP contribution < -0.4 is 33.6 Å². The maximum Gasteiger partial charge on any atom is 0.236 e. The van der Waals surface area contributed by atoms with E-state index in [9.17, 15) is 9.59 Å². The summed E-state index contributed by atoms with van der Waals surface area (Å²) < 4.78 is 0. The molecule has 154 valence electrons. The molecule has 0 aliphatic heterocycles. The molecule has 0 aromatic rings. The maximum atomic E-state index is 11.8. The lowest BCUT2D eigenvalue weighted by atomic mass is 10.1. The predicted molar refractivity (Wildman–Crippen MR) is 106 cm³/mol. The number of rotatable bonds is 17. The van der Waals surface area contributed by atoms with Crippen LogP contribution in [0.2, 0.25) is 0 Å². The smallest absolute Gasteiger partial charge is 0.236 e. The van der Waals surface area contributed by atoms with E-state index in [4.69, 9.17) is 22.9 Å². The molecule has 0 saturated heterocycles. The monoisotopic (exact) mass is 372 g/mol. The predicted octanol–water partition coefficient (Wildman–Crippen LogP) is -0.308. The summed E-state index contributed by atoms with van der Waals surface area (Å²) >= 11 is 0. The highest BCUT2D eigenvalue weighted by atomic mass is 16.2. The van der Waals surface area contributed by atoms with Crippen molar-refractivity contribution in [3.05, 3.63) is 0 Å². The van der Waals surface area contributed by atoms with E-state index in [-0.39, 0.29) is 11.8 Å². The molecular formula is C18H40N6O2. The van der Waals surface area contributed by atoms with E-state index >= 15 is 0 Å². The minimum Gasteiger partial charge on any atom is -0.355 e. The van der Waals surface area contributed by atoms with Gasteiger partial charge in [0.05, 0.1) is 12.1 Å². The van der Waals surface area contributed by atoms with Crippen molar-refractivity contribution in [2.75, 3.05) is 26.2 Å². The number of nitrogens with one attached hydrogen (secondary N) is 2. The summed E-state index contributed by atoms with van der Waals surface area (Å²) in [7, 11) is 0. The SMILES string of the molecule is NCCCCC(N)C(=O)NCCCCCCNC(=O)C(N)CCCCN. The van der Waals surface area contributed by atoms with Crippen molar-refractivity contribution in [2.45, 2.75) is 76.3 Å². The average molecular weight is 373 g/mol. The Kier molecular flexibility index (Phi) is 16.4. The standard InChI is InChI=1S/C18H40N6O2/c19-11-5-3-9-15(21)17(25)23-13-7-1-2-8-14-24-18(26)16(22)10-4-6-12-20/h15-16H,1-14,19-22H2,(H,23,25)(H,24,26). The Hall–Kier alpha value is -1.22. The molecule has 0 spiro atoms. The zero-order valence-electron chi connectivity index (χ0n) is 16.2. The highest BCUT2D eigenvalue weighted by Gasteiger charge is 2.12. The first-order valence-corrected chi connectivity index (χ1v) is 9.99. The molecule has 26 heavy (non-hydrogen) atoms. The number of carbonyl (C=O) groups excluding carboxylic acids is 2. The largest absolute Gasteiger partial charge is 0.355 e. The van der Waals surface area contributed by atoms with Crippen LogP contribution in [0.25, 0.3) is 0 Å². The number of hydrogen-bond donors (Lipinski definition) is 6. The van der Waals surface area contributed by atoms with Gasteiger partial charge in [0.15, 0.2) is 0 Å². The van der Waals surface area contributed by atoms with Crippen molar-refractivity contribution >= 4 is 11.8 Å². The quantitative estimate of drug-likeness (QED) is 0.192. The van der Waals surface area contributed by atoms with E-state index in [0.717, 1.165) is 51.4 Å². The van der Waals surface area contributed by atoms with E-state index in [0.29, 0.717) is 39.0 Å². The van der Waals surface area contributed by atoms with Gasteiger partial charge in [-0.2, -0.15) is 0 Å². The van der Waals surface area contributed by atoms with Crippen molar-refractivity contribution in [3.8, 4) is 0 Å². The van der Waals surface area contributed by atoms with Crippen molar-refractivity contribution < 1.29 is 9.59 Å². The molecule has 0 fully saturated rings. The lowest BCUT2D eigenvalue weighted by Gasteiger charge is -2.12. The third-order valence-electron chi connectivity index (χ3n) is 4.31. The summed E-state index contributed by atoms with van der Waals surface area (Å²) in [4.78, 5) is 23.5. The first-order chi connectivity index (χ1) is 12.5. The number of nitrogens with two attached hydrogens (primary N) is 4. The van der Waals surface area contributed by atoms with Crippen LogP contribution in [0.4, 0.5) is 0 Å². The van der Waals surface area contributed by atoms with E-state index in [1.165, 1.54) is 0 Å². The molecule has 0 heterocycles. The second-order valence-corrected chi connectivity index (χ2v) is 6.78. The van der Waals surface area contributed by atoms with Crippen molar-refractivity contribution in [1.82, 2.24) is 10.6 Å². The van der Waals surface area contributed by atoms with Crippen LogP contribution in [-0.2, 0) is 9.59 Å². The minimum absolute atomic E-state index is 0.0853. The Morgan fingerprint density at radius 1 is 0.615 bits per heavy atom. The van der Waals surface area contributed by atoms with Gasteiger partial charge in [0, 0.05) is 13.1 Å². The van der Waals surface area contributed by atoms with Gasteiger partial charge in [0.2, 0.25) is 11.8 Å². The fraction of sp³-hybridized carbons (Fsp3) is 0.889. The Bertz CT molecular complexity index is 334. The second kappa shape index (κ2) is 17.2. The number of carbonyl (C=O) groups is 2. The molecule has 10 N–H and O–H groups in total. The molecule has 2 atom stereocenters. The number of unbranched alkanes of at least 4 members (excludes halogenated alkanes) is 5. The summed E-state index contributed by atoms with van der Waals surface area (Å²) in [5.74, 6) is -0.171. The molecule has 0 aromatic carbocycles.